The Morgan fingerprint density at radius 2 is 1.83 bits per heavy atom. The highest BCUT2D eigenvalue weighted by atomic mass is 28.3. The van der Waals surface area contributed by atoms with Crippen molar-refractivity contribution in [3.63, 3.8) is 0 Å². The van der Waals surface area contributed by atoms with Gasteiger partial charge in [-0.25, -0.2) is 0 Å². The summed E-state index contributed by atoms with van der Waals surface area (Å²) < 4.78 is 0. The molecule has 70 valence electrons. The number of rotatable bonds is 1. The minimum atomic E-state index is -1.06. The van der Waals surface area contributed by atoms with Crippen LogP contribution in [0.25, 0.3) is 0 Å². The summed E-state index contributed by atoms with van der Waals surface area (Å²) in [6, 6.07) is 0. The predicted octanol–water partition coefficient (Wildman–Crippen LogP) is 4.22. The van der Waals surface area contributed by atoms with Gasteiger partial charge in [0.1, 0.15) is 0 Å². The van der Waals surface area contributed by atoms with Crippen LogP contribution >= 0.6 is 0 Å². The van der Waals surface area contributed by atoms with Crippen LogP contribution in [0.15, 0.2) is 12.2 Å². The molecule has 1 aliphatic carbocycles. The molecule has 0 fully saturated rings. The first-order valence-electron chi connectivity index (χ1n) is 5.02. The molecule has 0 saturated carbocycles. The molecule has 0 amide bonds. The highest BCUT2D eigenvalue weighted by Gasteiger charge is 2.41. The summed E-state index contributed by atoms with van der Waals surface area (Å²) in [6.45, 7) is 12.3. The SMILES string of the molecule is CC(C)(C)[Si](C)(C)C1C=CCC1. The average molecular weight is 182 g/mol. The monoisotopic (exact) mass is 182 g/mol. The molecule has 0 bridgehead atoms. The van der Waals surface area contributed by atoms with Crippen molar-refractivity contribution in [2.24, 2.45) is 0 Å². The molecule has 1 rings (SSSR count). The number of hydrogen-bond acceptors (Lipinski definition) is 0. The Morgan fingerprint density at radius 1 is 1.25 bits per heavy atom. The van der Waals surface area contributed by atoms with E-state index in [1.807, 2.05) is 0 Å². The summed E-state index contributed by atoms with van der Waals surface area (Å²) in [7, 11) is -1.06. The average Bonchev–Trinajstić information content (AvgIpc) is 2.34. The lowest BCUT2D eigenvalue weighted by Crippen LogP contribution is -2.40. The third-order valence-corrected chi connectivity index (χ3v) is 10.1. The smallest absolute Gasteiger partial charge is 0.0597 e. The van der Waals surface area contributed by atoms with E-state index in [0.29, 0.717) is 5.04 Å². The Labute approximate surface area is 78.1 Å². The summed E-state index contributed by atoms with van der Waals surface area (Å²) in [6.07, 6.45) is 7.57. The van der Waals surface area contributed by atoms with Crippen LogP contribution in [0.5, 0.6) is 0 Å². The van der Waals surface area contributed by atoms with E-state index in [2.05, 4.69) is 46.0 Å². The van der Waals surface area contributed by atoms with E-state index in [1.54, 1.807) is 0 Å². The van der Waals surface area contributed by atoms with Gasteiger partial charge in [-0.2, -0.15) is 0 Å². The van der Waals surface area contributed by atoms with E-state index in [4.69, 9.17) is 0 Å². The van der Waals surface area contributed by atoms with Gasteiger partial charge < -0.3 is 0 Å². The standard InChI is InChI=1S/C11H22Si/c1-11(2,3)12(4,5)10-8-6-7-9-10/h6,8,10H,7,9H2,1-5H3. The van der Waals surface area contributed by atoms with Crippen LogP contribution in [0.4, 0.5) is 0 Å². The zero-order valence-corrected chi connectivity index (χ0v) is 10.1. The second kappa shape index (κ2) is 3.02. The van der Waals surface area contributed by atoms with Crippen molar-refractivity contribution >= 4 is 8.07 Å². The van der Waals surface area contributed by atoms with Crippen molar-refractivity contribution in [3.05, 3.63) is 12.2 Å². The van der Waals surface area contributed by atoms with Crippen molar-refractivity contribution in [1.82, 2.24) is 0 Å². The molecule has 1 heteroatoms. The lowest BCUT2D eigenvalue weighted by Gasteiger charge is -2.41. The highest BCUT2D eigenvalue weighted by Crippen LogP contribution is 2.47. The molecule has 0 aromatic rings. The molecule has 0 saturated heterocycles. The van der Waals surface area contributed by atoms with Crippen LogP contribution in [-0.4, -0.2) is 8.07 Å². The Hall–Kier alpha value is -0.0431. The zero-order chi connectivity index (χ0) is 9.41. The van der Waals surface area contributed by atoms with Gasteiger partial charge in [0, 0.05) is 0 Å². The summed E-state index contributed by atoms with van der Waals surface area (Å²) in [5.41, 5.74) is 0.928. The maximum Gasteiger partial charge on any atom is 0.0597 e. The molecule has 0 heterocycles. The predicted molar refractivity (Wildman–Crippen MR) is 59.3 cm³/mol. The third-order valence-electron chi connectivity index (χ3n) is 3.87. The Morgan fingerprint density at radius 3 is 2.17 bits per heavy atom. The topological polar surface area (TPSA) is 0 Å². The lowest BCUT2D eigenvalue weighted by molar-refractivity contribution is 0.691. The Balaban J connectivity index is 2.77. The first-order valence-corrected chi connectivity index (χ1v) is 8.10. The van der Waals surface area contributed by atoms with Crippen LogP contribution in [0.2, 0.25) is 23.7 Å². The molecule has 0 radical (unpaired) electrons. The van der Waals surface area contributed by atoms with E-state index in [-0.39, 0.29) is 0 Å². The van der Waals surface area contributed by atoms with Gasteiger partial charge in [0.05, 0.1) is 8.07 Å². The lowest BCUT2D eigenvalue weighted by atomic mass is 10.2. The van der Waals surface area contributed by atoms with Crippen molar-refractivity contribution < 1.29 is 0 Å². The molecule has 1 atom stereocenters. The molecule has 0 spiro atoms. The first kappa shape index (κ1) is 10.0. The first-order chi connectivity index (χ1) is 5.36. The number of allylic oxidation sites excluding steroid dienone is 2. The highest BCUT2D eigenvalue weighted by molar-refractivity contribution is 6.82. The second-order valence-corrected chi connectivity index (χ2v) is 11.3. The van der Waals surface area contributed by atoms with E-state index < -0.39 is 8.07 Å². The summed E-state index contributed by atoms with van der Waals surface area (Å²) in [4.78, 5) is 0. The molecule has 1 aliphatic rings. The molecular formula is C11H22Si. The van der Waals surface area contributed by atoms with E-state index in [1.165, 1.54) is 12.8 Å². The molecule has 0 nitrogen and oxygen atoms in total. The van der Waals surface area contributed by atoms with Crippen molar-refractivity contribution in [3.8, 4) is 0 Å². The van der Waals surface area contributed by atoms with Crippen LogP contribution in [0.3, 0.4) is 0 Å². The van der Waals surface area contributed by atoms with Crippen LogP contribution in [-0.2, 0) is 0 Å². The largest absolute Gasteiger partial charge is 0.0885 e. The third kappa shape index (κ3) is 1.66. The molecule has 0 N–H and O–H groups in total. The molecule has 0 aliphatic heterocycles. The van der Waals surface area contributed by atoms with Gasteiger partial charge in [0.25, 0.3) is 0 Å². The number of hydrogen-bond donors (Lipinski definition) is 0. The quantitative estimate of drug-likeness (QED) is 0.421. The van der Waals surface area contributed by atoms with Crippen molar-refractivity contribution in [1.29, 1.82) is 0 Å². The molecular weight excluding hydrogens is 160 g/mol. The van der Waals surface area contributed by atoms with E-state index >= 15 is 0 Å². The minimum Gasteiger partial charge on any atom is -0.0885 e. The maximum absolute atomic E-state index is 2.54. The fraction of sp³-hybridized carbons (Fsp3) is 0.818. The Bertz CT molecular complexity index is 184. The molecule has 0 aromatic heterocycles. The van der Waals surface area contributed by atoms with Gasteiger partial charge >= 0.3 is 0 Å². The molecule has 1 unspecified atom stereocenters. The van der Waals surface area contributed by atoms with Crippen molar-refractivity contribution in [2.75, 3.05) is 0 Å². The summed E-state index contributed by atoms with van der Waals surface area (Å²) >= 11 is 0. The zero-order valence-electron chi connectivity index (χ0n) is 9.15. The van der Waals surface area contributed by atoms with Crippen LogP contribution < -0.4 is 0 Å². The molecule has 12 heavy (non-hydrogen) atoms. The fourth-order valence-electron chi connectivity index (χ4n) is 1.79. The van der Waals surface area contributed by atoms with Gasteiger partial charge in [0.2, 0.25) is 0 Å². The Kier molecular flexibility index (Phi) is 2.53. The normalized spacial score (nSPS) is 24.9. The molecule has 0 aromatic carbocycles. The van der Waals surface area contributed by atoms with Gasteiger partial charge in [-0.3, -0.25) is 0 Å². The van der Waals surface area contributed by atoms with E-state index in [9.17, 15) is 0 Å². The van der Waals surface area contributed by atoms with Crippen LogP contribution in [0.1, 0.15) is 33.6 Å². The summed E-state index contributed by atoms with van der Waals surface area (Å²) in [5, 5.41) is 0.548. The van der Waals surface area contributed by atoms with Gasteiger partial charge in [-0.05, 0) is 23.4 Å². The second-order valence-electron chi connectivity index (χ2n) is 5.58. The maximum atomic E-state index is 2.54. The van der Waals surface area contributed by atoms with E-state index in [0.717, 1.165) is 5.54 Å². The van der Waals surface area contributed by atoms with Crippen molar-refractivity contribution in [2.45, 2.75) is 57.3 Å². The van der Waals surface area contributed by atoms with Gasteiger partial charge in [-0.1, -0.05) is 46.0 Å². The van der Waals surface area contributed by atoms with Gasteiger partial charge in [0.15, 0.2) is 0 Å². The minimum absolute atomic E-state index is 0.548. The fourth-order valence-corrected chi connectivity index (χ4v) is 4.41. The van der Waals surface area contributed by atoms with Gasteiger partial charge in [-0.15, -0.1) is 0 Å². The van der Waals surface area contributed by atoms with Crippen LogP contribution in [0, 0.1) is 0 Å². The summed E-state index contributed by atoms with van der Waals surface area (Å²) in [5.74, 6) is 0.